The first-order chi connectivity index (χ1) is 16.3. The van der Waals surface area contributed by atoms with Crippen LogP contribution in [0.1, 0.15) is 30.4 Å². The van der Waals surface area contributed by atoms with Crippen molar-refractivity contribution in [1.29, 1.82) is 0 Å². The van der Waals surface area contributed by atoms with E-state index < -0.39 is 0 Å². The second-order valence-electron chi connectivity index (χ2n) is 8.65. The molecule has 3 heteroatoms. The van der Waals surface area contributed by atoms with Gasteiger partial charge >= 0.3 is 0 Å². The molecule has 0 radical (unpaired) electrons. The molecule has 4 aromatic carbocycles. The van der Waals surface area contributed by atoms with E-state index in [1.54, 1.807) is 0 Å². The van der Waals surface area contributed by atoms with E-state index in [0.717, 1.165) is 30.8 Å². The lowest BCUT2D eigenvalue weighted by Gasteiger charge is -2.34. The SMILES string of the molecule is CCOc1c(-c2ccccc2)cccc1[C@H]1CCNC[C@@H]1OCc1ccc2ccccc2c1. The number of ether oxygens (including phenoxy) is 2. The highest BCUT2D eigenvalue weighted by Gasteiger charge is 2.30. The van der Waals surface area contributed by atoms with Crippen molar-refractivity contribution in [2.75, 3.05) is 19.7 Å². The quantitative estimate of drug-likeness (QED) is 0.355. The molecule has 1 N–H and O–H groups in total. The standard InChI is InChI=1S/C30H31NO2/c1-2-32-30-26(24-10-4-3-5-11-24)13-8-14-28(30)27-17-18-31-20-29(27)33-21-22-15-16-23-9-6-7-12-25(23)19-22/h3-16,19,27,29,31H,2,17-18,20-21H2,1H3/t27-,29+/m1/s1. The third-order valence-corrected chi connectivity index (χ3v) is 6.52. The van der Waals surface area contributed by atoms with E-state index in [0.29, 0.717) is 13.2 Å². The van der Waals surface area contributed by atoms with E-state index in [4.69, 9.17) is 9.47 Å². The van der Waals surface area contributed by atoms with Crippen LogP contribution in [0.2, 0.25) is 0 Å². The molecule has 0 saturated carbocycles. The van der Waals surface area contributed by atoms with Crippen LogP contribution < -0.4 is 10.1 Å². The predicted octanol–water partition coefficient (Wildman–Crippen LogP) is 6.57. The predicted molar refractivity (Wildman–Crippen MR) is 136 cm³/mol. The molecule has 1 aliphatic rings. The van der Waals surface area contributed by atoms with Gasteiger partial charge in [-0.15, -0.1) is 0 Å². The molecule has 0 aliphatic carbocycles. The van der Waals surface area contributed by atoms with Crippen molar-refractivity contribution in [3.63, 3.8) is 0 Å². The Morgan fingerprint density at radius 2 is 1.67 bits per heavy atom. The van der Waals surface area contributed by atoms with Crippen molar-refractivity contribution in [2.45, 2.75) is 32.0 Å². The molecule has 1 fully saturated rings. The van der Waals surface area contributed by atoms with Gasteiger partial charge in [0.25, 0.3) is 0 Å². The summed E-state index contributed by atoms with van der Waals surface area (Å²) in [5, 5.41) is 6.05. The number of benzene rings is 4. The third kappa shape index (κ3) is 4.80. The Kier molecular flexibility index (Phi) is 6.71. The summed E-state index contributed by atoms with van der Waals surface area (Å²) in [6, 6.07) is 32.1. The van der Waals surface area contributed by atoms with Crippen LogP contribution in [0.15, 0.2) is 91.0 Å². The number of para-hydroxylation sites is 1. The maximum Gasteiger partial charge on any atom is 0.130 e. The van der Waals surface area contributed by atoms with Crippen LogP contribution in [0.3, 0.4) is 0 Å². The maximum absolute atomic E-state index is 6.55. The minimum atomic E-state index is 0.0930. The van der Waals surface area contributed by atoms with Crippen molar-refractivity contribution in [2.24, 2.45) is 0 Å². The molecule has 0 unspecified atom stereocenters. The van der Waals surface area contributed by atoms with Gasteiger partial charge in [-0.1, -0.05) is 84.9 Å². The first-order valence-corrected chi connectivity index (χ1v) is 11.9. The Morgan fingerprint density at radius 3 is 2.52 bits per heavy atom. The molecule has 1 saturated heterocycles. The summed E-state index contributed by atoms with van der Waals surface area (Å²) in [5.74, 6) is 1.29. The van der Waals surface area contributed by atoms with E-state index >= 15 is 0 Å². The van der Waals surface area contributed by atoms with Gasteiger partial charge in [-0.3, -0.25) is 0 Å². The minimum absolute atomic E-state index is 0.0930. The van der Waals surface area contributed by atoms with Crippen molar-refractivity contribution >= 4 is 10.8 Å². The fourth-order valence-electron chi connectivity index (χ4n) is 4.89. The molecular formula is C30H31NO2. The second-order valence-corrected chi connectivity index (χ2v) is 8.65. The van der Waals surface area contributed by atoms with E-state index in [9.17, 15) is 0 Å². The van der Waals surface area contributed by atoms with E-state index in [-0.39, 0.29) is 12.0 Å². The molecule has 0 spiro atoms. The molecule has 4 aromatic rings. The summed E-state index contributed by atoms with van der Waals surface area (Å²) < 4.78 is 12.8. The van der Waals surface area contributed by atoms with Gasteiger partial charge in [0.15, 0.2) is 0 Å². The lowest BCUT2D eigenvalue weighted by molar-refractivity contribution is 0.0101. The number of hydrogen-bond donors (Lipinski definition) is 1. The molecule has 5 rings (SSSR count). The summed E-state index contributed by atoms with van der Waals surface area (Å²) >= 11 is 0. The summed E-state index contributed by atoms with van der Waals surface area (Å²) in [6.07, 6.45) is 1.12. The van der Waals surface area contributed by atoms with E-state index in [1.165, 1.54) is 27.5 Å². The van der Waals surface area contributed by atoms with Crippen LogP contribution in [0.5, 0.6) is 5.75 Å². The number of hydrogen-bond acceptors (Lipinski definition) is 3. The summed E-state index contributed by atoms with van der Waals surface area (Å²) in [7, 11) is 0. The zero-order chi connectivity index (χ0) is 22.5. The van der Waals surface area contributed by atoms with Gasteiger partial charge < -0.3 is 14.8 Å². The molecule has 1 aliphatic heterocycles. The fourth-order valence-corrected chi connectivity index (χ4v) is 4.89. The van der Waals surface area contributed by atoms with Crippen LogP contribution in [0, 0.1) is 0 Å². The molecule has 33 heavy (non-hydrogen) atoms. The van der Waals surface area contributed by atoms with Crippen molar-refractivity contribution in [3.05, 3.63) is 102 Å². The van der Waals surface area contributed by atoms with Crippen molar-refractivity contribution in [3.8, 4) is 16.9 Å². The Bertz CT molecular complexity index is 1200. The highest BCUT2D eigenvalue weighted by molar-refractivity contribution is 5.83. The number of fused-ring (bicyclic) bond motifs is 1. The zero-order valence-corrected chi connectivity index (χ0v) is 19.2. The Morgan fingerprint density at radius 1 is 0.848 bits per heavy atom. The van der Waals surface area contributed by atoms with Gasteiger partial charge in [-0.25, -0.2) is 0 Å². The average molecular weight is 438 g/mol. The molecule has 168 valence electrons. The largest absolute Gasteiger partial charge is 0.493 e. The normalized spacial score (nSPS) is 18.3. The second kappa shape index (κ2) is 10.2. The summed E-state index contributed by atoms with van der Waals surface area (Å²) in [4.78, 5) is 0. The fraction of sp³-hybridized carbons (Fsp3) is 0.267. The molecule has 3 nitrogen and oxygen atoms in total. The van der Waals surface area contributed by atoms with Crippen LogP contribution in [-0.2, 0) is 11.3 Å². The van der Waals surface area contributed by atoms with Crippen molar-refractivity contribution < 1.29 is 9.47 Å². The topological polar surface area (TPSA) is 30.5 Å². The van der Waals surface area contributed by atoms with Crippen molar-refractivity contribution in [1.82, 2.24) is 5.32 Å². The van der Waals surface area contributed by atoms with Gasteiger partial charge in [-0.2, -0.15) is 0 Å². The van der Waals surface area contributed by atoms with Gasteiger partial charge in [-0.05, 0) is 47.9 Å². The number of piperidine rings is 1. The Balaban J connectivity index is 1.42. The zero-order valence-electron chi connectivity index (χ0n) is 19.2. The highest BCUT2D eigenvalue weighted by Crippen LogP contribution is 2.40. The molecular weight excluding hydrogens is 406 g/mol. The summed E-state index contributed by atoms with van der Waals surface area (Å²) in [5.41, 5.74) is 4.80. The molecule has 0 amide bonds. The lowest BCUT2D eigenvalue weighted by atomic mass is 9.85. The molecule has 0 bridgehead atoms. The first kappa shape index (κ1) is 21.7. The van der Waals surface area contributed by atoms with Gasteiger partial charge in [0.1, 0.15) is 5.75 Å². The first-order valence-electron chi connectivity index (χ1n) is 11.9. The number of nitrogens with one attached hydrogen (secondary N) is 1. The van der Waals surface area contributed by atoms with Crippen LogP contribution >= 0.6 is 0 Å². The third-order valence-electron chi connectivity index (χ3n) is 6.52. The van der Waals surface area contributed by atoms with Crippen LogP contribution in [-0.4, -0.2) is 25.8 Å². The van der Waals surface area contributed by atoms with Gasteiger partial charge in [0, 0.05) is 23.6 Å². The lowest BCUT2D eigenvalue weighted by Crippen LogP contribution is -2.41. The van der Waals surface area contributed by atoms with Gasteiger partial charge in [0.05, 0.1) is 19.3 Å². The monoisotopic (exact) mass is 437 g/mol. The Labute approximate surface area is 196 Å². The van der Waals surface area contributed by atoms with Gasteiger partial charge in [0.2, 0.25) is 0 Å². The molecule has 0 aromatic heterocycles. The highest BCUT2D eigenvalue weighted by atomic mass is 16.5. The summed E-state index contributed by atoms with van der Waals surface area (Å²) in [6.45, 7) is 5.14. The van der Waals surface area contributed by atoms with Crippen LogP contribution in [0.4, 0.5) is 0 Å². The minimum Gasteiger partial charge on any atom is -0.493 e. The number of rotatable bonds is 7. The molecule has 2 atom stereocenters. The smallest absolute Gasteiger partial charge is 0.130 e. The Hall–Kier alpha value is -3.14. The van der Waals surface area contributed by atoms with E-state index in [1.807, 2.05) is 0 Å². The molecule has 1 heterocycles. The maximum atomic E-state index is 6.55. The van der Waals surface area contributed by atoms with Crippen LogP contribution in [0.25, 0.3) is 21.9 Å². The van der Waals surface area contributed by atoms with E-state index in [2.05, 4.69) is 103 Å². The average Bonchev–Trinajstić information content (AvgIpc) is 2.88.